The van der Waals surface area contributed by atoms with E-state index in [1.165, 1.54) is 6.42 Å². The van der Waals surface area contributed by atoms with Crippen LogP contribution < -0.4 is 0 Å². The molecule has 9 nitrogen and oxygen atoms in total. The monoisotopic (exact) mass is 464 g/mol. The average Bonchev–Trinajstić information content (AvgIpc) is 2.78. The molecule has 1 unspecified atom stereocenters. The maximum atomic E-state index is 13.7. The Bertz CT molecular complexity index is 732. The number of amides is 3. The molecule has 1 aliphatic carbocycles. The minimum absolute atomic E-state index is 0.0356. The number of piperidine rings is 1. The summed E-state index contributed by atoms with van der Waals surface area (Å²) >= 11 is 0. The molecule has 4 rings (SSSR count). The van der Waals surface area contributed by atoms with Gasteiger partial charge in [-0.05, 0) is 57.7 Å². The number of carbonyl (C=O) groups is 3. The molecule has 33 heavy (non-hydrogen) atoms. The molecule has 3 amide bonds. The summed E-state index contributed by atoms with van der Waals surface area (Å²) in [6.45, 7) is 6.06. The van der Waals surface area contributed by atoms with E-state index in [0.717, 1.165) is 56.7 Å². The van der Waals surface area contributed by atoms with Gasteiger partial charge in [-0.3, -0.25) is 14.4 Å². The fraction of sp³-hybridized carbons (Fsp3) is 0.875. The quantitative estimate of drug-likeness (QED) is 0.673. The second-order valence-corrected chi connectivity index (χ2v) is 10.8. The molecule has 1 N–H and O–H groups in total. The average molecular weight is 465 g/mol. The van der Waals surface area contributed by atoms with Gasteiger partial charge in [-0.15, -0.1) is 0 Å². The molecule has 0 spiro atoms. The van der Waals surface area contributed by atoms with Crippen LogP contribution >= 0.6 is 0 Å². The highest BCUT2D eigenvalue weighted by Crippen LogP contribution is 2.36. The first kappa shape index (κ1) is 24.3. The zero-order valence-corrected chi connectivity index (χ0v) is 20.3. The molecule has 186 valence electrons. The minimum atomic E-state index is -1.20. The third kappa shape index (κ3) is 5.14. The maximum absolute atomic E-state index is 13.7. The van der Waals surface area contributed by atoms with E-state index < -0.39 is 24.4 Å². The SMILES string of the molecule is CC(C)C[C@H]1C(=O)N(C2CCN(C)CC2)CC2N(C(=O)O)O[C@H](CC3CCCCC3)C(=O)N21. The van der Waals surface area contributed by atoms with Crippen LogP contribution in [0.4, 0.5) is 4.79 Å². The van der Waals surface area contributed by atoms with Crippen molar-refractivity contribution in [3.8, 4) is 0 Å². The summed E-state index contributed by atoms with van der Waals surface area (Å²) in [6.07, 6.45) is 5.50. The van der Waals surface area contributed by atoms with Crippen LogP contribution in [-0.2, 0) is 14.4 Å². The summed E-state index contributed by atoms with van der Waals surface area (Å²) in [6, 6.07) is -0.577. The Labute approximate surface area is 196 Å². The Balaban J connectivity index is 1.60. The summed E-state index contributed by atoms with van der Waals surface area (Å²) < 4.78 is 0. The van der Waals surface area contributed by atoms with Crippen molar-refractivity contribution < 1.29 is 24.3 Å². The van der Waals surface area contributed by atoms with Gasteiger partial charge in [0.25, 0.3) is 5.91 Å². The Hall–Kier alpha value is -1.87. The van der Waals surface area contributed by atoms with Gasteiger partial charge in [0.2, 0.25) is 5.91 Å². The van der Waals surface area contributed by atoms with Crippen LogP contribution in [0.25, 0.3) is 0 Å². The number of hydrogen-bond acceptors (Lipinski definition) is 5. The number of hydrogen-bond donors (Lipinski definition) is 1. The number of piperazine rings is 1. The number of fused-ring (bicyclic) bond motifs is 1. The van der Waals surface area contributed by atoms with E-state index in [0.29, 0.717) is 18.8 Å². The molecule has 0 radical (unpaired) electrons. The Morgan fingerprint density at radius 1 is 1.06 bits per heavy atom. The Morgan fingerprint density at radius 3 is 2.33 bits per heavy atom. The van der Waals surface area contributed by atoms with E-state index in [-0.39, 0.29) is 30.3 Å². The molecule has 0 bridgehead atoms. The van der Waals surface area contributed by atoms with Gasteiger partial charge in [0.1, 0.15) is 6.04 Å². The van der Waals surface area contributed by atoms with Crippen molar-refractivity contribution in [1.82, 2.24) is 19.8 Å². The van der Waals surface area contributed by atoms with E-state index in [2.05, 4.69) is 11.9 Å². The van der Waals surface area contributed by atoms with Crippen LogP contribution in [0.2, 0.25) is 0 Å². The molecule has 4 fully saturated rings. The van der Waals surface area contributed by atoms with Crippen molar-refractivity contribution in [2.75, 3.05) is 26.7 Å². The second kappa shape index (κ2) is 10.2. The van der Waals surface area contributed by atoms with Gasteiger partial charge in [-0.2, -0.15) is 5.06 Å². The van der Waals surface area contributed by atoms with Crippen LogP contribution in [0.3, 0.4) is 0 Å². The number of likely N-dealkylation sites (tertiary alicyclic amines) is 1. The molecule has 9 heteroatoms. The first-order chi connectivity index (χ1) is 15.8. The molecule has 0 aromatic carbocycles. The minimum Gasteiger partial charge on any atom is -0.463 e. The largest absolute Gasteiger partial charge is 0.463 e. The van der Waals surface area contributed by atoms with E-state index in [1.807, 2.05) is 18.7 Å². The van der Waals surface area contributed by atoms with Gasteiger partial charge in [0, 0.05) is 6.04 Å². The van der Waals surface area contributed by atoms with Gasteiger partial charge in [-0.1, -0.05) is 46.0 Å². The van der Waals surface area contributed by atoms with Crippen molar-refractivity contribution in [3.05, 3.63) is 0 Å². The highest BCUT2D eigenvalue weighted by Gasteiger charge is 2.54. The fourth-order valence-electron chi connectivity index (χ4n) is 6.12. The lowest BCUT2D eigenvalue weighted by Crippen LogP contribution is -2.74. The first-order valence-electron chi connectivity index (χ1n) is 12.8. The molecule has 0 aromatic heterocycles. The molecule has 3 saturated heterocycles. The summed E-state index contributed by atoms with van der Waals surface area (Å²) in [5.41, 5.74) is 0. The van der Waals surface area contributed by atoms with Crippen LogP contribution in [0, 0.1) is 11.8 Å². The molecular weight excluding hydrogens is 424 g/mol. The highest BCUT2D eigenvalue weighted by atomic mass is 16.7. The molecule has 0 aromatic rings. The first-order valence-corrected chi connectivity index (χ1v) is 12.8. The molecule has 4 aliphatic rings. The van der Waals surface area contributed by atoms with Crippen LogP contribution in [0.1, 0.15) is 71.6 Å². The van der Waals surface area contributed by atoms with Crippen LogP contribution in [0.5, 0.6) is 0 Å². The van der Waals surface area contributed by atoms with Crippen molar-refractivity contribution in [3.63, 3.8) is 0 Å². The predicted molar refractivity (Wildman–Crippen MR) is 122 cm³/mol. The van der Waals surface area contributed by atoms with E-state index in [4.69, 9.17) is 4.84 Å². The smallest absolute Gasteiger partial charge is 0.433 e. The second-order valence-electron chi connectivity index (χ2n) is 10.8. The summed E-state index contributed by atoms with van der Waals surface area (Å²) in [7, 11) is 2.07. The zero-order valence-electron chi connectivity index (χ0n) is 20.3. The topological polar surface area (TPSA) is 93.6 Å². The fourth-order valence-corrected chi connectivity index (χ4v) is 6.12. The predicted octanol–water partition coefficient (Wildman–Crippen LogP) is 2.76. The normalized spacial score (nSPS) is 30.8. The van der Waals surface area contributed by atoms with E-state index in [1.54, 1.807) is 4.90 Å². The number of nitrogens with zero attached hydrogens (tertiary/aromatic N) is 4. The van der Waals surface area contributed by atoms with Gasteiger partial charge in [0.05, 0.1) is 6.54 Å². The van der Waals surface area contributed by atoms with Gasteiger partial charge < -0.3 is 19.8 Å². The maximum Gasteiger partial charge on any atom is 0.433 e. The van der Waals surface area contributed by atoms with Crippen molar-refractivity contribution in [2.24, 2.45) is 11.8 Å². The van der Waals surface area contributed by atoms with E-state index in [9.17, 15) is 19.5 Å². The van der Waals surface area contributed by atoms with E-state index >= 15 is 0 Å². The lowest BCUT2D eigenvalue weighted by molar-refractivity contribution is -0.269. The zero-order chi connectivity index (χ0) is 23.7. The highest BCUT2D eigenvalue weighted by molar-refractivity contribution is 5.92. The third-order valence-corrected chi connectivity index (χ3v) is 7.91. The van der Waals surface area contributed by atoms with Crippen LogP contribution in [-0.4, -0.2) is 93.8 Å². The summed E-state index contributed by atoms with van der Waals surface area (Å²) in [5.74, 6) is 0.305. The molecule has 1 saturated carbocycles. The molecule has 3 atom stereocenters. The van der Waals surface area contributed by atoms with Crippen molar-refractivity contribution in [1.29, 1.82) is 0 Å². The summed E-state index contributed by atoms with van der Waals surface area (Å²) in [5, 5.41) is 11.0. The lowest BCUT2D eigenvalue weighted by Gasteiger charge is -2.54. The Kier molecular flexibility index (Phi) is 7.48. The molecular formula is C24H40N4O5. The van der Waals surface area contributed by atoms with Gasteiger partial charge >= 0.3 is 6.09 Å². The van der Waals surface area contributed by atoms with Crippen molar-refractivity contribution >= 4 is 17.9 Å². The van der Waals surface area contributed by atoms with Crippen LogP contribution in [0.15, 0.2) is 0 Å². The van der Waals surface area contributed by atoms with Crippen molar-refractivity contribution in [2.45, 2.75) is 96.0 Å². The standard InChI is InChI=1S/C24H40N4O5/c1-16(2)13-19-22(29)26(18-9-11-25(3)12-10-18)15-21-27(19)23(30)20(33-28(21)24(31)32)14-17-7-5-4-6-8-17/h16-21H,4-15H2,1-3H3,(H,31,32)/t19-,20+,21?/m0/s1. The lowest BCUT2D eigenvalue weighted by atomic mass is 9.84. The van der Waals surface area contributed by atoms with Gasteiger partial charge in [0.15, 0.2) is 12.3 Å². The summed E-state index contributed by atoms with van der Waals surface area (Å²) in [4.78, 5) is 51.2. The van der Waals surface area contributed by atoms with Gasteiger partial charge in [-0.25, -0.2) is 4.79 Å². The number of rotatable bonds is 5. The number of hydroxylamine groups is 2. The molecule has 3 heterocycles. The number of carbonyl (C=O) groups excluding carboxylic acids is 2. The number of carboxylic acid groups (broad SMARTS) is 1. The third-order valence-electron chi connectivity index (χ3n) is 7.91. The Morgan fingerprint density at radius 2 is 1.73 bits per heavy atom. The molecule has 3 aliphatic heterocycles.